The molecule has 0 radical (unpaired) electrons. The number of hydrogen-bond donors (Lipinski definition) is 0. The average Bonchev–Trinajstić information content (AvgIpc) is 3.56. The molecule has 1 aliphatic heterocycles. The number of phosphoric acid groups is 2. The van der Waals surface area contributed by atoms with Gasteiger partial charge in [-0.15, -0.1) is 0 Å². The Morgan fingerprint density at radius 3 is 1.73 bits per heavy atom. The van der Waals surface area contributed by atoms with E-state index in [9.17, 15) is 43.6 Å². The first-order valence-corrected chi connectivity index (χ1v) is 20.3. The van der Waals surface area contributed by atoms with Gasteiger partial charge in [0, 0.05) is 47.1 Å². The molecule has 0 atom stereocenters. The second kappa shape index (κ2) is 16.6. The molecule has 18 heteroatoms. The topological polar surface area (TPSA) is 230 Å². The summed E-state index contributed by atoms with van der Waals surface area (Å²) in [5.41, 5.74) is -0.239. The predicted octanol–water partition coefficient (Wildman–Crippen LogP) is 1.88. The summed E-state index contributed by atoms with van der Waals surface area (Å²) in [6, 6.07) is 32.1. The maximum absolute atomic E-state index is 13.7. The van der Waals surface area contributed by atoms with Crippen LogP contribution in [0.2, 0.25) is 0 Å². The van der Waals surface area contributed by atoms with Crippen LogP contribution in [0, 0.1) is 10.1 Å². The maximum Gasteiger partial charge on any atom is 0.293 e. The number of amides is 1. The van der Waals surface area contributed by atoms with Gasteiger partial charge in [0.1, 0.15) is 17.5 Å². The molecule has 1 aliphatic rings. The number of hydrogen-bond acceptors (Lipinski definition) is 13. The lowest BCUT2D eigenvalue weighted by Crippen LogP contribution is -2.32. The van der Waals surface area contributed by atoms with Crippen LogP contribution in [0.4, 0.5) is 11.4 Å². The van der Waals surface area contributed by atoms with Gasteiger partial charge in [-0.3, -0.25) is 19.7 Å². The third-order valence-corrected chi connectivity index (χ3v) is 12.6. The van der Waals surface area contributed by atoms with Gasteiger partial charge in [-0.25, -0.2) is 0 Å². The molecular formula is C33H32N3O12P3-4. The van der Waals surface area contributed by atoms with Crippen LogP contribution in [0.15, 0.2) is 108 Å². The van der Waals surface area contributed by atoms with Crippen LogP contribution in [-0.4, -0.2) is 43.2 Å². The molecule has 0 bridgehead atoms. The van der Waals surface area contributed by atoms with Gasteiger partial charge in [0.05, 0.1) is 40.8 Å². The van der Waals surface area contributed by atoms with Crippen LogP contribution in [-0.2, 0) is 29.4 Å². The highest BCUT2D eigenvalue weighted by Crippen LogP contribution is 2.47. The van der Waals surface area contributed by atoms with E-state index in [2.05, 4.69) is 9.05 Å². The molecule has 0 N–H and O–H groups in total. The van der Waals surface area contributed by atoms with Crippen molar-refractivity contribution in [3.8, 4) is 5.75 Å². The van der Waals surface area contributed by atoms with E-state index in [1.165, 1.54) is 11.0 Å². The number of carbonyl (C=O) groups is 1. The molecule has 0 fully saturated rings. The number of benzene rings is 4. The summed E-state index contributed by atoms with van der Waals surface area (Å²) < 4.78 is 41.5. The second-order valence-corrected chi connectivity index (χ2v) is 16.7. The van der Waals surface area contributed by atoms with Crippen LogP contribution >= 0.6 is 22.7 Å². The van der Waals surface area contributed by atoms with Crippen molar-refractivity contribution in [1.82, 2.24) is 0 Å². The largest absolute Gasteiger partial charge is 0.790 e. The van der Waals surface area contributed by atoms with Crippen LogP contribution in [0.5, 0.6) is 5.75 Å². The van der Waals surface area contributed by atoms with Crippen molar-refractivity contribution < 1.29 is 52.2 Å². The minimum Gasteiger partial charge on any atom is -0.790 e. The van der Waals surface area contributed by atoms with E-state index >= 15 is 0 Å². The Hall–Kier alpha value is -4.00. The Labute approximate surface area is 293 Å². The lowest BCUT2D eigenvalue weighted by Gasteiger charge is -2.33. The maximum atomic E-state index is 13.7. The van der Waals surface area contributed by atoms with Crippen LogP contribution in [0.1, 0.15) is 18.4 Å². The van der Waals surface area contributed by atoms with Crippen molar-refractivity contribution in [2.75, 3.05) is 31.2 Å². The normalized spacial score (nSPS) is 13.2. The van der Waals surface area contributed by atoms with Crippen LogP contribution in [0.25, 0.3) is 0 Å². The number of phosphoric ester groups is 2. The zero-order valence-corrected chi connectivity index (χ0v) is 29.6. The molecule has 0 saturated heterocycles. The summed E-state index contributed by atoms with van der Waals surface area (Å²) in [4.78, 5) is 70.5. The molecule has 1 amide bonds. The fourth-order valence-electron chi connectivity index (χ4n) is 5.84. The smallest absolute Gasteiger partial charge is 0.293 e. The molecule has 1 heterocycles. The molecule has 5 rings (SSSR count). The summed E-state index contributed by atoms with van der Waals surface area (Å²) in [6.45, 7) is -1.67. The molecule has 270 valence electrons. The SMILES string of the molecule is O=C(CCCN=P(c1ccccc1)(c1ccccc1)c1ccccc1)N1CCc2c(OC(COP(=O)([O-])[O-])COP(=O)([O-])[O-])ccc([N+](=O)[O-])c21. The number of anilines is 1. The van der Waals surface area contributed by atoms with E-state index in [0.717, 1.165) is 22.0 Å². The van der Waals surface area contributed by atoms with E-state index in [-0.39, 0.29) is 36.4 Å². The molecule has 0 aromatic heterocycles. The van der Waals surface area contributed by atoms with E-state index in [1.807, 2.05) is 91.0 Å². The highest BCUT2D eigenvalue weighted by Gasteiger charge is 2.35. The van der Waals surface area contributed by atoms with E-state index in [0.29, 0.717) is 13.0 Å². The molecular weight excluding hydrogens is 723 g/mol. The summed E-state index contributed by atoms with van der Waals surface area (Å²) in [6.07, 6.45) is -1.19. The number of ether oxygens (including phenoxy) is 1. The number of rotatable bonds is 16. The number of nitro groups is 1. The van der Waals surface area contributed by atoms with Crippen molar-refractivity contribution in [2.24, 2.45) is 4.74 Å². The Morgan fingerprint density at radius 2 is 1.27 bits per heavy atom. The fraction of sp³-hybridized carbons (Fsp3) is 0.242. The van der Waals surface area contributed by atoms with Crippen LogP contribution < -0.4 is 45.1 Å². The third kappa shape index (κ3) is 9.66. The van der Waals surface area contributed by atoms with E-state index < -0.39 is 58.5 Å². The molecule has 4 aromatic rings. The number of nitro benzene ring substituents is 1. The van der Waals surface area contributed by atoms with Crippen molar-refractivity contribution >= 4 is 55.9 Å². The zero-order valence-electron chi connectivity index (χ0n) is 26.9. The third-order valence-electron chi connectivity index (χ3n) is 7.95. The molecule has 0 unspecified atom stereocenters. The fourth-order valence-corrected chi connectivity index (χ4v) is 10.2. The highest BCUT2D eigenvalue weighted by atomic mass is 31.2. The molecule has 0 saturated carbocycles. The van der Waals surface area contributed by atoms with Crippen molar-refractivity contribution in [1.29, 1.82) is 0 Å². The molecule has 0 spiro atoms. The summed E-state index contributed by atoms with van der Waals surface area (Å²) in [5.74, 6) is -0.493. The number of nitrogens with zero attached hydrogens (tertiary/aromatic N) is 3. The van der Waals surface area contributed by atoms with Gasteiger partial charge in [-0.05, 0) is 18.9 Å². The van der Waals surface area contributed by atoms with Gasteiger partial charge in [-0.1, -0.05) is 91.0 Å². The first-order chi connectivity index (χ1) is 24.3. The summed E-state index contributed by atoms with van der Waals surface area (Å²) in [5, 5.41) is 15.2. The lowest BCUT2D eigenvalue weighted by atomic mass is 10.1. The van der Waals surface area contributed by atoms with Gasteiger partial charge in [0.15, 0.2) is 0 Å². The zero-order chi connectivity index (χ0) is 36.6. The van der Waals surface area contributed by atoms with Crippen molar-refractivity contribution in [3.63, 3.8) is 0 Å². The Balaban J connectivity index is 1.40. The first-order valence-electron chi connectivity index (χ1n) is 15.6. The minimum absolute atomic E-state index is 0.00156. The van der Waals surface area contributed by atoms with E-state index in [1.54, 1.807) is 0 Å². The Kier molecular flexibility index (Phi) is 12.4. The second-order valence-electron chi connectivity index (χ2n) is 11.3. The number of fused-ring (bicyclic) bond motifs is 1. The summed E-state index contributed by atoms with van der Waals surface area (Å²) in [7, 11) is -13.6. The van der Waals surface area contributed by atoms with Gasteiger partial charge in [0.2, 0.25) is 5.91 Å². The number of carbonyl (C=O) groups excluding carboxylic acids is 1. The quantitative estimate of drug-likeness (QED) is 0.0691. The lowest BCUT2D eigenvalue weighted by molar-refractivity contribution is -0.384. The predicted molar refractivity (Wildman–Crippen MR) is 182 cm³/mol. The molecule has 51 heavy (non-hydrogen) atoms. The van der Waals surface area contributed by atoms with Gasteiger partial charge in [0.25, 0.3) is 5.69 Å². The standard InChI is InChI=1S/C33H36N3O12P3/c37-32(17-10-21-34-49(26-11-4-1-5-12-26,27-13-6-2-7-14-27)28-15-8-3-9-16-28)35-22-20-29-31(19-18-30(33(29)35)36(38)39)48-25(23-46-50(40,41)42)24-47-51(43,44)45/h1-9,11-16,18-19,25H,10,17,20-24H2,(H2,40,41,42)(H2,43,44,45)/p-4. The van der Waals surface area contributed by atoms with Crippen molar-refractivity contribution in [3.05, 3.63) is 119 Å². The van der Waals surface area contributed by atoms with E-state index in [4.69, 9.17) is 9.48 Å². The Morgan fingerprint density at radius 1 is 0.784 bits per heavy atom. The monoisotopic (exact) mass is 755 g/mol. The minimum atomic E-state index is -5.53. The van der Waals surface area contributed by atoms with Crippen LogP contribution in [0.3, 0.4) is 0 Å². The first kappa shape index (κ1) is 38.2. The van der Waals surface area contributed by atoms with Gasteiger partial charge < -0.3 is 47.4 Å². The van der Waals surface area contributed by atoms with Crippen molar-refractivity contribution in [2.45, 2.75) is 25.4 Å². The van der Waals surface area contributed by atoms with Gasteiger partial charge in [-0.2, -0.15) is 0 Å². The highest BCUT2D eigenvalue weighted by molar-refractivity contribution is 7.87. The average molecular weight is 756 g/mol. The molecule has 4 aromatic carbocycles. The summed E-state index contributed by atoms with van der Waals surface area (Å²) >= 11 is 0. The molecule has 0 aliphatic carbocycles. The van der Waals surface area contributed by atoms with Gasteiger partial charge >= 0.3 is 0 Å². The Bertz CT molecular complexity index is 1860. The molecule has 15 nitrogen and oxygen atoms in total.